The molecule has 112 valence electrons. The Labute approximate surface area is 120 Å². The van der Waals surface area contributed by atoms with Crippen LogP contribution in [0.2, 0.25) is 0 Å². The van der Waals surface area contributed by atoms with Gasteiger partial charge < -0.3 is 15.1 Å². The van der Waals surface area contributed by atoms with E-state index >= 15 is 0 Å². The van der Waals surface area contributed by atoms with E-state index in [1.807, 2.05) is 4.90 Å². The number of nitrogens with zero attached hydrogens (tertiary/aromatic N) is 2. The van der Waals surface area contributed by atoms with Crippen LogP contribution in [-0.2, 0) is 9.59 Å². The zero-order valence-electron chi connectivity index (χ0n) is 12.5. The first-order valence-electron chi connectivity index (χ1n) is 7.76. The van der Waals surface area contributed by atoms with Crippen LogP contribution in [0.15, 0.2) is 0 Å². The third-order valence-corrected chi connectivity index (χ3v) is 5.29. The fourth-order valence-corrected chi connectivity index (χ4v) is 3.83. The predicted octanol–water partition coefficient (Wildman–Crippen LogP) is 0.455. The molecule has 0 unspecified atom stereocenters. The Hall–Kier alpha value is -1.10. The van der Waals surface area contributed by atoms with Crippen LogP contribution < -0.4 is 5.32 Å². The second kappa shape index (κ2) is 5.02. The van der Waals surface area contributed by atoms with Crippen LogP contribution in [0.1, 0.15) is 32.6 Å². The van der Waals surface area contributed by atoms with Crippen molar-refractivity contribution in [1.82, 2.24) is 15.1 Å². The highest BCUT2D eigenvalue weighted by Gasteiger charge is 2.58. The Morgan fingerprint density at radius 2 is 1.75 bits per heavy atom. The number of piperidine rings is 1. The van der Waals surface area contributed by atoms with Gasteiger partial charge in [0.2, 0.25) is 11.8 Å². The summed E-state index contributed by atoms with van der Waals surface area (Å²) >= 11 is 0. The summed E-state index contributed by atoms with van der Waals surface area (Å²) in [5.41, 5.74) is -0.0392. The van der Waals surface area contributed by atoms with Gasteiger partial charge >= 0.3 is 0 Å². The SMILES string of the molecule is CC(=O)NC1CN(C(=O)C2(C3CCN(C)CC3)CC2)C1. The number of hydrogen-bond donors (Lipinski definition) is 1. The zero-order valence-corrected chi connectivity index (χ0v) is 12.5. The Morgan fingerprint density at radius 1 is 1.15 bits per heavy atom. The normalized spacial score (nSPS) is 27.0. The van der Waals surface area contributed by atoms with E-state index in [2.05, 4.69) is 17.3 Å². The molecular formula is C15H25N3O2. The molecule has 3 aliphatic rings. The minimum atomic E-state index is -0.0392. The van der Waals surface area contributed by atoms with Crippen molar-refractivity contribution in [2.45, 2.75) is 38.6 Å². The fraction of sp³-hybridized carbons (Fsp3) is 0.867. The molecule has 3 rings (SSSR count). The molecule has 20 heavy (non-hydrogen) atoms. The first-order chi connectivity index (χ1) is 9.51. The third-order valence-electron chi connectivity index (χ3n) is 5.29. The summed E-state index contributed by atoms with van der Waals surface area (Å²) < 4.78 is 0. The molecule has 1 aliphatic carbocycles. The maximum absolute atomic E-state index is 12.7. The van der Waals surface area contributed by atoms with Crippen LogP contribution in [0.4, 0.5) is 0 Å². The van der Waals surface area contributed by atoms with E-state index in [0.29, 0.717) is 24.9 Å². The predicted molar refractivity (Wildman–Crippen MR) is 76.1 cm³/mol. The van der Waals surface area contributed by atoms with Crippen LogP contribution in [0.25, 0.3) is 0 Å². The van der Waals surface area contributed by atoms with Crippen molar-refractivity contribution in [1.29, 1.82) is 0 Å². The number of likely N-dealkylation sites (tertiary alicyclic amines) is 2. The van der Waals surface area contributed by atoms with Crippen LogP contribution in [0.5, 0.6) is 0 Å². The highest BCUT2D eigenvalue weighted by atomic mass is 16.2. The van der Waals surface area contributed by atoms with Crippen LogP contribution in [0, 0.1) is 11.3 Å². The molecule has 2 amide bonds. The van der Waals surface area contributed by atoms with E-state index in [1.54, 1.807) is 0 Å². The van der Waals surface area contributed by atoms with Crippen molar-refractivity contribution < 1.29 is 9.59 Å². The molecule has 3 fully saturated rings. The van der Waals surface area contributed by atoms with Gasteiger partial charge in [-0.3, -0.25) is 9.59 Å². The Bertz CT molecular complexity index is 405. The number of carbonyl (C=O) groups excluding carboxylic acids is 2. The quantitative estimate of drug-likeness (QED) is 0.816. The molecule has 5 nitrogen and oxygen atoms in total. The minimum Gasteiger partial charge on any atom is -0.350 e. The van der Waals surface area contributed by atoms with E-state index in [4.69, 9.17) is 0 Å². The minimum absolute atomic E-state index is 0.00134. The highest BCUT2D eigenvalue weighted by Crippen LogP contribution is 2.56. The molecule has 0 atom stereocenters. The van der Waals surface area contributed by atoms with Gasteiger partial charge in [-0.25, -0.2) is 0 Å². The summed E-state index contributed by atoms with van der Waals surface area (Å²) in [5.74, 6) is 0.929. The van der Waals surface area contributed by atoms with Crippen molar-refractivity contribution in [3.05, 3.63) is 0 Å². The molecular weight excluding hydrogens is 254 g/mol. The van der Waals surface area contributed by atoms with Gasteiger partial charge in [-0.15, -0.1) is 0 Å². The average Bonchev–Trinajstić information content (AvgIpc) is 3.14. The van der Waals surface area contributed by atoms with Crippen LogP contribution in [-0.4, -0.2) is 60.9 Å². The molecule has 1 saturated carbocycles. The lowest BCUT2D eigenvalue weighted by atomic mass is 9.80. The molecule has 0 bridgehead atoms. The summed E-state index contributed by atoms with van der Waals surface area (Å²) in [6.07, 6.45) is 4.46. The molecule has 1 N–H and O–H groups in total. The van der Waals surface area contributed by atoms with Crippen molar-refractivity contribution in [2.24, 2.45) is 11.3 Å². The molecule has 2 aliphatic heterocycles. The molecule has 0 aromatic heterocycles. The van der Waals surface area contributed by atoms with E-state index < -0.39 is 0 Å². The molecule has 0 aromatic rings. The smallest absolute Gasteiger partial charge is 0.229 e. The lowest BCUT2D eigenvalue weighted by Gasteiger charge is -2.43. The molecule has 2 heterocycles. The Balaban J connectivity index is 1.54. The lowest BCUT2D eigenvalue weighted by Crippen LogP contribution is -2.62. The summed E-state index contributed by atoms with van der Waals surface area (Å²) in [6, 6.07) is 0.171. The van der Waals surface area contributed by atoms with Gasteiger partial charge in [-0.2, -0.15) is 0 Å². The first kappa shape index (κ1) is 13.9. The van der Waals surface area contributed by atoms with Crippen molar-refractivity contribution in [3.8, 4) is 0 Å². The van der Waals surface area contributed by atoms with E-state index in [-0.39, 0.29) is 17.4 Å². The molecule has 0 spiro atoms. The zero-order chi connectivity index (χ0) is 14.3. The van der Waals surface area contributed by atoms with Gasteiger partial charge in [0.1, 0.15) is 0 Å². The first-order valence-corrected chi connectivity index (χ1v) is 7.76. The van der Waals surface area contributed by atoms with Gasteiger partial charge in [0.15, 0.2) is 0 Å². The van der Waals surface area contributed by atoms with E-state index in [0.717, 1.165) is 38.8 Å². The second-order valence-corrected chi connectivity index (χ2v) is 6.84. The van der Waals surface area contributed by atoms with Gasteiger partial charge in [0, 0.05) is 20.0 Å². The third kappa shape index (κ3) is 2.43. The van der Waals surface area contributed by atoms with Crippen molar-refractivity contribution >= 4 is 11.8 Å². The Morgan fingerprint density at radius 3 is 2.25 bits per heavy atom. The molecule has 2 saturated heterocycles. The summed E-state index contributed by atoms with van der Waals surface area (Å²) in [4.78, 5) is 28.0. The van der Waals surface area contributed by atoms with Gasteiger partial charge in [0.25, 0.3) is 0 Å². The summed E-state index contributed by atoms with van der Waals surface area (Å²) in [5, 5.41) is 2.88. The fourth-order valence-electron chi connectivity index (χ4n) is 3.83. The van der Waals surface area contributed by atoms with Crippen molar-refractivity contribution in [2.75, 3.05) is 33.2 Å². The summed E-state index contributed by atoms with van der Waals surface area (Å²) in [7, 11) is 2.16. The molecule has 0 radical (unpaired) electrons. The number of carbonyl (C=O) groups is 2. The molecule has 5 heteroatoms. The maximum Gasteiger partial charge on any atom is 0.229 e. The molecule has 0 aromatic carbocycles. The largest absolute Gasteiger partial charge is 0.350 e. The second-order valence-electron chi connectivity index (χ2n) is 6.84. The number of amides is 2. The number of rotatable bonds is 3. The van der Waals surface area contributed by atoms with Crippen LogP contribution in [0.3, 0.4) is 0 Å². The number of nitrogens with one attached hydrogen (secondary N) is 1. The van der Waals surface area contributed by atoms with E-state index in [1.165, 1.54) is 6.92 Å². The average molecular weight is 279 g/mol. The topological polar surface area (TPSA) is 52.7 Å². The lowest BCUT2D eigenvalue weighted by molar-refractivity contribution is -0.146. The van der Waals surface area contributed by atoms with Gasteiger partial charge in [-0.05, 0) is 51.7 Å². The maximum atomic E-state index is 12.7. The van der Waals surface area contributed by atoms with Crippen molar-refractivity contribution in [3.63, 3.8) is 0 Å². The Kier molecular flexibility index (Phi) is 3.48. The number of hydrogen-bond acceptors (Lipinski definition) is 3. The van der Waals surface area contributed by atoms with Crippen LogP contribution >= 0.6 is 0 Å². The summed E-state index contributed by atoms with van der Waals surface area (Å²) in [6.45, 7) is 5.17. The van der Waals surface area contributed by atoms with Gasteiger partial charge in [-0.1, -0.05) is 0 Å². The monoisotopic (exact) mass is 279 g/mol. The standard InChI is InChI=1S/C15H25N3O2/c1-11(19)16-13-9-18(10-13)14(20)15(5-6-15)12-3-7-17(2)8-4-12/h12-13H,3-10H2,1-2H3,(H,16,19). The van der Waals surface area contributed by atoms with Gasteiger partial charge in [0.05, 0.1) is 11.5 Å². The highest BCUT2D eigenvalue weighted by molar-refractivity contribution is 5.87. The van der Waals surface area contributed by atoms with E-state index in [9.17, 15) is 9.59 Å².